The maximum Gasteiger partial charge on any atom is 0.335 e. The number of carboxylic acids is 1. The number of rotatable bonds is 13. The van der Waals surface area contributed by atoms with E-state index in [4.69, 9.17) is 9.84 Å². The minimum absolute atomic E-state index is 0.0171. The van der Waals surface area contributed by atoms with Crippen LogP contribution in [0.25, 0.3) is 5.57 Å². The molecule has 0 spiro atoms. The topological polar surface area (TPSA) is 140 Å². The van der Waals surface area contributed by atoms with Gasteiger partial charge in [0.25, 0.3) is 11.8 Å². The van der Waals surface area contributed by atoms with E-state index in [1.807, 2.05) is 60.4 Å². The van der Waals surface area contributed by atoms with E-state index in [1.54, 1.807) is 0 Å². The lowest BCUT2D eigenvalue weighted by atomic mass is 9.82. The molecule has 4 atom stereocenters. The fourth-order valence-electron chi connectivity index (χ4n) is 6.85. The van der Waals surface area contributed by atoms with Crippen LogP contribution >= 0.6 is 0 Å². The Balaban J connectivity index is 1.25. The minimum Gasteiger partial charge on any atom is -0.488 e. The second-order valence-electron chi connectivity index (χ2n) is 13.4. The van der Waals surface area contributed by atoms with E-state index in [0.29, 0.717) is 37.4 Å². The monoisotopic (exact) mass is 707 g/mol. The molecule has 2 aliphatic heterocycles. The molecule has 3 aromatic rings. The van der Waals surface area contributed by atoms with E-state index in [1.165, 1.54) is 4.90 Å². The van der Waals surface area contributed by atoms with Gasteiger partial charge >= 0.3 is 5.97 Å². The van der Waals surface area contributed by atoms with Gasteiger partial charge in [0, 0.05) is 37.3 Å². The predicted octanol–water partition coefficient (Wildman–Crippen LogP) is 3.75. The number of halogens is 3. The second-order valence-corrected chi connectivity index (χ2v) is 13.4. The molecule has 1 saturated carbocycles. The van der Waals surface area contributed by atoms with Crippen LogP contribution in [-0.4, -0.2) is 92.9 Å². The smallest absolute Gasteiger partial charge is 0.335 e. The lowest BCUT2D eigenvalue weighted by Crippen LogP contribution is -2.64. The highest BCUT2D eigenvalue weighted by molar-refractivity contribution is 6.03. The first-order chi connectivity index (χ1) is 24.4. The molecular formula is C38H40F3N3O7. The summed E-state index contributed by atoms with van der Waals surface area (Å²) in [4.78, 5) is 42.3. The van der Waals surface area contributed by atoms with Gasteiger partial charge in [0.05, 0.1) is 12.6 Å². The largest absolute Gasteiger partial charge is 0.488 e. The highest BCUT2D eigenvalue weighted by Crippen LogP contribution is 2.38. The summed E-state index contributed by atoms with van der Waals surface area (Å²) in [5.74, 6) is -7.11. The van der Waals surface area contributed by atoms with Crippen molar-refractivity contribution in [2.75, 3.05) is 19.7 Å². The fraction of sp³-hybridized carbons (Fsp3) is 0.395. The lowest BCUT2D eigenvalue weighted by molar-refractivity contribution is -0.163. The maximum absolute atomic E-state index is 14.7. The van der Waals surface area contributed by atoms with Crippen LogP contribution in [0.2, 0.25) is 0 Å². The Hall–Kier alpha value is -4.72. The van der Waals surface area contributed by atoms with Gasteiger partial charge in [-0.1, -0.05) is 48.5 Å². The number of carboxylic acid groups (broad SMARTS) is 1. The van der Waals surface area contributed by atoms with Gasteiger partial charge in [0.2, 0.25) is 5.82 Å². The normalized spacial score (nSPS) is 19.8. The number of carbonyl (C=O) groups excluding carboxylic acids is 2. The fourth-order valence-corrected chi connectivity index (χ4v) is 6.85. The highest BCUT2D eigenvalue weighted by Gasteiger charge is 2.45. The average Bonchev–Trinajstić information content (AvgIpc) is 3.97. The molecule has 6 rings (SSSR count). The third kappa shape index (κ3) is 7.95. The van der Waals surface area contributed by atoms with E-state index < -0.39 is 53.3 Å². The van der Waals surface area contributed by atoms with Crippen LogP contribution in [0.5, 0.6) is 5.75 Å². The molecule has 0 radical (unpaired) electrons. The van der Waals surface area contributed by atoms with Crippen molar-refractivity contribution in [2.24, 2.45) is 0 Å². The van der Waals surface area contributed by atoms with Crippen molar-refractivity contribution in [2.45, 2.75) is 75.9 Å². The number of benzene rings is 3. The maximum atomic E-state index is 14.7. The Morgan fingerprint density at radius 1 is 0.961 bits per heavy atom. The van der Waals surface area contributed by atoms with Crippen molar-refractivity contribution in [3.63, 3.8) is 0 Å². The molecule has 51 heavy (non-hydrogen) atoms. The number of piperazine rings is 1. The van der Waals surface area contributed by atoms with Gasteiger partial charge in [0.15, 0.2) is 29.6 Å². The van der Waals surface area contributed by atoms with Crippen molar-refractivity contribution in [3.05, 3.63) is 106 Å². The summed E-state index contributed by atoms with van der Waals surface area (Å²) in [6, 6.07) is 16.1. The molecule has 2 bridgehead atoms. The van der Waals surface area contributed by atoms with Crippen LogP contribution in [0, 0.1) is 24.4 Å². The Morgan fingerprint density at radius 2 is 1.67 bits per heavy atom. The van der Waals surface area contributed by atoms with Gasteiger partial charge in [-0.05, 0) is 79.0 Å². The molecular weight excluding hydrogens is 667 g/mol. The Kier molecular flexibility index (Phi) is 10.8. The number of aryl methyl sites for hydroxylation is 2. The first-order valence-electron chi connectivity index (χ1n) is 17.0. The summed E-state index contributed by atoms with van der Waals surface area (Å²) in [6.45, 7) is 2.47. The zero-order valence-electron chi connectivity index (χ0n) is 28.0. The van der Waals surface area contributed by atoms with Crippen LogP contribution < -0.4 is 10.1 Å². The quantitative estimate of drug-likeness (QED) is 0.156. The number of ether oxygens (including phenoxy) is 1. The average molecular weight is 708 g/mol. The summed E-state index contributed by atoms with van der Waals surface area (Å²) in [6.07, 6.45) is -1.45. The van der Waals surface area contributed by atoms with Crippen molar-refractivity contribution < 1.29 is 47.6 Å². The number of hydrogen-bond acceptors (Lipinski definition) is 7. The van der Waals surface area contributed by atoms with Gasteiger partial charge in [0.1, 0.15) is 0 Å². The van der Waals surface area contributed by atoms with E-state index in [9.17, 15) is 37.8 Å². The number of hydrogen-bond donors (Lipinski definition) is 4. The molecule has 10 nitrogen and oxygen atoms in total. The van der Waals surface area contributed by atoms with Gasteiger partial charge in [-0.25, -0.2) is 13.6 Å². The number of nitrogens with one attached hydrogen (secondary N) is 1. The number of nitrogens with zero attached hydrogens (tertiary/aromatic N) is 2. The van der Waals surface area contributed by atoms with E-state index in [2.05, 4.69) is 5.32 Å². The molecule has 3 aliphatic rings. The first-order valence-corrected chi connectivity index (χ1v) is 17.0. The van der Waals surface area contributed by atoms with Gasteiger partial charge in [-0.2, -0.15) is 4.39 Å². The number of aliphatic hydroxyl groups excluding tert-OH is 2. The summed E-state index contributed by atoms with van der Waals surface area (Å²) in [7, 11) is 0. The van der Waals surface area contributed by atoms with Gasteiger partial charge in [-0.3, -0.25) is 9.59 Å². The zero-order valence-corrected chi connectivity index (χ0v) is 28.0. The Labute approximate surface area is 293 Å². The molecule has 4 N–H and O–H groups in total. The highest BCUT2D eigenvalue weighted by atomic mass is 19.2. The first kappa shape index (κ1) is 36.1. The number of carbonyl (C=O) groups is 3. The van der Waals surface area contributed by atoms with Crippen molar-refractivity contribution in [1.29, 1.82) is 0 Å². The summed E-state index contributed by atoms with van der Waals surface area (Å²) < 4.78 is 46.6. The molecule has 2 amide bonds. The number of aliphatic hydroxyl groups is 2. The molecule has 270 valence electrons. The molecule has 2 fully saturated rings. The Bertz CT molecular complexity index is 1830. The number of fused-ring (bicyclic) bond motifs is 2. The second kappa shape index (κ2) is 15.3. The van der Waals surface area contributed by atoms with Crippen LogP contribution in [-0.2, 0) is 27.3 Å². The number of aliphatic carboxylic acids is 1. The third-order valence-corrected chi connectivity index (χ3v) is 9.76. The van der Waals surface area contributed by atoms with E-state index in [-0.39, 0.29) is 37.7 Å². The van der Waals surface area contributed by atoms with Crippen LogP contribution in [0.1, 0.15) is 47.9 Å². The Morgan fingerprint density at radius 3 is 2.35 bits per heavy atom. The van der Waals surface area contributed by atoms with E-state index >= 15 is 0 Å². The van der Waals surface area contributed by atoms with E-state index in [0.717, 1.165) is 46.7 Å². The molecule has 2 heterocycles. The van der Waals surface area contributed by atoms with Gasteiger partial charge < -0.3 is 35.2 Å². The molecule has 1 aliphatic carbocycles. The predicted molar refractivity (Wildman–Crippen MR) is 180 cm³/mol. The van der Waals surface area contributed by atoms with Crippen LogP contribution in [0.4, 0.5) is 13.2 Å². The number of amides is 2. The van der Waals surface area contributed by atoms with Crippen molar-refractivity contribution in [3.8, 4) is 5.75 Å². The van der Waals surface area contributed by atoms with Crippen LogP contribution in [0.15, 0.2) is 66.2 Å². The summed E-state index contributed by atoms with van der Waals surface area (Å²) in [5, 5.41) is 32.8. The third-order valence-electron chi connectivity index (χ3n) is 9.76. The minimum atomic E-state index is -2.28. The van der Waals surface area contributed by atoms with Crippen molar-refractivity contribution >= 4 is 23.4 Å². The zero-order chi connectivity index (χ0) is 36.4. The molecule has 13 heteroatoms. The summed E-state index contributed by atoms with van der Waals surface area (Å²) >= 11 is 0. The summed E-state index contributed by atoms with van der Waals surface area (Å²) in [5.41, 5.74) is 5.09. The SMILES string of the molecule is Cc1ccccc1CN(C(=O)C1=C(c2ccc(CCCOc3c(F)ccc(F)c3F)cc2)CC2CN(C(=O)C(O)C(O)C(=O)O)CC1N2)C1CC1. The van der Waals surface area contributed by atoms with Gasteiger partial charge in [-0.15, -0.1) is 0 Å². The molecule has 1 saturated heterocycles. The molecule has 4 unspecified atom stereocenters. The lowest BCUT2D eigenvalue weighted by Gasteiger charge is -2.45. The van der Waals surface area contributed by atoms with Crippen molar-refractivity contribution in [1.82, 2.24) is 15.1 Å². The molecule has 3 aromatic carbocycles. The van der Waals surface area contributed by atoms with Crippen LogP contribution in [0.3, 0.4) is 0 Å². The molecule has 0 aromatic heterocycles. The standard InChI is InChI=1S/C38H40F3N3O7/c1-21-5-2-3-7-24(21)18-44(26-12-13-26)36(47)31-27(17-25-19-43(20-30(31)42-25)37(48)33(45)34(46)38(49)50)23-10-8-22(9-11-23)6-4-16-51-35-29(40)15-14-28(39)32(35)41/h2-3,5,7-11,14-15,25-26,30,33-34,42,45-46H,4,6,12-13,16-20H2,1H3,(H,49,50).